The van der Waals surface area contributed by atoms with Gasteiger partial charge >= 0.3 is 5.97 Å². The maximum Gasteiger partial charge on any atom is 0.337 e. The third-order valence-corrected chi connectivity index (χ3v) is 3.45. The largest absolute Gasteiger partial charge is 0.493 e. The van der Waals surface area contributed by atoms with Gasteiger partial charge in [-0.25, -0.2) is 4.79 Å². The molecule has 2 aromatic rings. The Bertz CT molecular complexity index is 811. The molecular weight excluding hydrogens is 310 g/mol. The van der Waals surface area contributed by atoms with Gasteiger partial charge in [-0.3, -0.25) is 4.79 Å². The number of carboxylic acids is 1. The monoisotopic (exact) mass is 327 g/mol. The van der Waals surface area contributed by atoms with Crippen LogP contribution in [0.3, 0.4) is 0 Å². The van der Waals surface area contributed by atoms with E-state index in [1.807, 2.05) is 0 Å². The van der Waals surface area contributed by atoms with Crippen LogP contribution in [0, 0.1) is 0 Å². The maximum absolute atomic E-state index is 12.3. The smallest absolute Gasteiger partial charge is 0.337 e. The number of rotatable bonds is 6. The molecule has 24 heavy (non-hydrogen) atoms. The number of para-hydroxylation sites is 2. The molecule has 0 aliphatic heterocycles. The number of ketones is 1. The molecule has 0 bridgehead atoms. The maximum atomic E-state index is 12.3. The molecule has 0 aliphatic rings. The summed E-state index contributed by atoms with van der Waals surface area (Å²) >= 11 is 0. The number of allylic oxidation sites excluding steroid dienone is 1. The summed E-state index contributed by atoms with van der Waals surface area (Å²) in [7, 11) is 3.03. The minimum absolute atomic E-state index is 0.0581. The second kappa shape index (κ2) is 7.32. The van der Waals surface area contributed by atoms with E-state index in [1.165, 1.54) is 38.5 Å². The van der Waals surface area contributed by atoms with Crippen molar-refractivity contribution in [2.24, 2.45) is 0 Å². The minimum Gasteiger partial charge on any atom is -0.493 e. The third kappa shape index (κ3) is 3.38. The Labute approximate surface area is 139 Å². The van der Waals surface area contributed by atoms with Crippen molar-refractivity contribution in [2.45, 2.75) is 0 Å². The molecule has 0 saturated heterocycles. The van der Waals surface area contributed by atoms with Crippen molar-refractivity contribution >= 4 is 23.5 Å². The SMILES string of the molecule is COc1cccc(/C=C/C(=O)c2cccc(C(=O)O)c2N)c1OC. The number of aromatic carboxylic acids is 1. The first-order valence-electron chi connectivity index (χ1n) is 7.04. The quantitative estimate of drug-likeness (QED) is 0.481. The fourth-order valence-electron chi connectivity index (χ4n) is 2.27. The van der Waals surface area contributed by atoms with Gasteiger partial charge in [-0.1, -0.05) is 18.2 Å². The Morgan fingerprint density at radius 2 is 1.71 bits per heavy atom. The van der Waals surface area contributed by atoms with Gasteiger partial charge in [0, 0.05) is 11.1 Å². The molecule has 3 N–H and O–H groups in total. The molecule has 0 saturated carbocycles. The predicted molar refractivity (Wildman–Crippen MR) is 90.7 cm³/mol. The van der Waals surface area contributed by atoms with Crippen LogP contribution in [0.2, 0.25) is 0 Å². The molecule has 124 valence electrons. The number of benzene rings is 2. The van der Waals surface area contributed by atoms with Crippen LogP contribution in [0.5, 0.6) is 11.5 Å². The molecule has 0 atom stereocenters. The molecule has 0 radical (unpaired) electrons. The number of carbonyl (C=O) groups excluding carboxylic acids is 1. The highest BCUT2D eigenvalue weighted by molar-refractivity contribution is 6.12. The van der Waals surface area contributed by atoms with Crippen molar-refractivity contribution in [2.75, 3.05) is 20.0 Å². The first kappa shape index (κ1) is 17.1. The predicted octanol–water partition coefficient (Wildman–Crippen LogP) is 2.88. The van der Waals surface area contributed by atoms with E-state index in [2.05, 4.69) is 0 Å². The van der Waals surface area contributed by atoms with Crippen molar-refractivity contribution in [1.29, 1.82) is 0 Å². The highest BCUT2D eigenvalue weighted by Gasteiger charge is 2.15. The van der Waals surface area contributed by atoms with E-state index in [-0.39, 0.29) is 16.8 Å². The molecule has 0 aliphatic carbocycles. The Balaban J connectivity index is 2.36. The van der Waals surface area contributed by atoms with Crippen molar-refractivity contribution < 1.29 is 24.2 Å². The van der Waals surface area contributed by atoms with Gasteiger partial charge < -0.3 is 20.3 Å². The summed E-state index contributed by atoms with van der Waals surface area (Å²) < 4.78 is 10.5. The lowest BCUT2D eigenvalue weighted by Gasteiger charge is -2.10. The molecule has 2 aromatic carbocycles. The van der Waals surface area contributed by atoms with E-state index in [1.54, 1.807) is 24.3 Å². The van der Waals surface area contributed by atoms with E-state index < -0.39 is 11.8 Å². The van der Waals surface area contributed by atoms with E-state index in [9.17, 15) is 9.59 Å². The summed E-state index contributed by atoms with van der Waals surface area (Å²) in [6.07, 6.45) is 2.88. The summed E-state index contributed by atoms with van der Waals surface area (Å²) in [5, 5.41) is 9.07. The molecule has 0 spiro atoms. The zero-order valence-corrected chi connectivity index (χ0v) is 13.3. The second-order valence-electron chi connectivity index (χ2n) is 4.85. The van der Waals surface area contributed by atoms with Crippen LogP contribution in [0.1, 0.15) is 26.3 Å². The topological polar surface area (TPSA) is 98.9 Å². The van der Waals surface area contributed by atoms with E-state index in [4.69, 9.17) is 20.3 Å². The molecule has 6 nitrogen and oxygen atoms in total. The van der Waals surface area contributed by atoms with Gasteiger partial charge in [-0.2, -0.15) is 0 Å². The van der Waals surface area contributed by atoms with Crippen LogP contribution in [-0.2, 0) is 0 Å². The average Bonchev–Trinajstić information content (AvgIpc) is 2.58. The number of carbonyl (C=O) groups is 2. The average molecular weight is 327 g/mol. The van der Waals surface area contributed by atoms with Crippen molar-refractivity contribution in [1.82, 2.24) is 0 Å². The first-order chi connectivity index (χ1) is 11.5. The van der Waals surface area contributed by atoms with Gasteiger partial charge in [-0.15, -0.1) is 0 Å². The van der Waals surface area contributed by atoms with Gasteiger partial charge in [0.2, 0.25) is 0 Å². The third-order valence-electron chi connectivity index (χ3n) is 3.45. The normalized spacial score (nSPS) is 10.6. The number of methoxy groups -OCH3 is 2. The summed E-state index contributed by atoms with van der Waals surface area (Å²) in [5.74, 6) is -0.545. The Kier molecular flexibility index (Phi) is 5.21. The zero-order chi connectivity index (χ0) is 17.7. The number of anilines is 1. The number of hydrogen-bond acceptors (Lipinski definition) is 5. The number of ether oxygens (including phenoxy) is 2. The number of nitrogen functional groups attached to an aromatic ring is 1. The van der Waals surface area contributed by atoms with Gasteiger partial charge in [0.1, 0.15) is 0 Å². The minimum atomic E-state index is -1.18. The number of nitrogens with two attached hydrogens (primary N) is 1. The Morgan fingerprint density at radius 1 is 1.04 bits per heavy atom. The first-order valence-corrected chi connectivity index (χ1v) is 7.04. The van der Waals surface area contributed by atoms with E-state index in [0.29, 0.717) is 17.1 Å². The Hall–Kier alpha value is -3.28. The van der Waals surface area contributed by atoms with Gasteiger partial charge in [0.05, 0.1) is 25.5 Å². The second-order valence-corrected chi connectivity index (χ2v) is 4.85. The lowest BCUT2D eigenvalue weighted by molar-refractivity contribution is 0.0698. The fraction of sp³-hybridized carbons (Fsp3) is 0.111. The van der Waals surface area contributed by atoms with Gasteiger partial charge in [0.15, 0.2) is 17.3 Å². The highest BCUT2D eigenvalue weighted by Crippen LogP contribution is 2.31. The zero-order valence-electron chi connectivity index (χ0n) is 13.3. The molecule has 6 heteroatoms. The van der Waals surface area contributed by atoms with E-state index >= 15 is 0 Å². The van der Waals surface area contributed by atoms with Crippen LogP contribution in [0.25, 0.3) is 6.08 Å². The van der Waals surface area contributed by atoms with Crippen LogP contribution in [0.15, 0.2) is 42.5 Å². The Morgan fingerprint density at radius 3 is 2.33 bits per heavy atom. The highest BCUT2D eigenvalue weighted by atomic mass is 16.5. The summed E-state index contributed by atoms with van der Waals surface area (Å²) in [4.78, 5) is 23.4. The standard InChI is InChI=1S/C18H17NO5/c1-23-15-8-3-5-11(17(15)24-2)9-10-14(20)12-6-4-7-13(16(12)19)18(21)22/h3-10H,19H2,1-2H3,(H,21,22)/b10-9+. The summed E-state index contributed by atoms with van der Waals surface area (Å²) in [6, 6.07) is 9.59. The molecule has 0 amide bonds. The molecule has 0 fully saturated rings. The number of hydrogen-bond donors (Lipinski definition) is 2. The van der Waals surface area contributed by atoms with Crippen molar-refractivity contribution in [3.05, 3.63) is 59.2 Å². The van der Waals surface area contributed by atoms with Crippen molar-refractivity contribution in [3.8, 4) is 11.5 Å². The summed E-state index contributed by atoms with van der Waals surface area (Å²) in [5.41, 5.74) is 6.40. The van der Waals surface area contributed by atoms with Crippen LogP contribution >= 0.6 is 0 Å². The van der Waals surface area contributed by atoms with Gasteiger partial charge in [0.25, 0.3) is 0 Å². The van der Waals surface area contributed by atoms with Crippen molar-refractivity contribution in [3.63, 3.8) is 0 Å². The lowest BCUT2D eigenvalue weighted by Crippen LogP contribution is -2.08. The molecule has 0 unspecified atom stereocenters. The molecule has 2 rings (SSSR count). The number of carboxylic acid groups (broad SMARTS) is 1. The molecule has 0 heterocycles. The molecular formula is C18H17NO5. The summed E-state index contributed by atoms with van der Waals surface area (Å²) in [6.45, 7) is 0. The van der Waals surface area contributed by atoms with Crippen LogP contribution in [-0.4, -0.2) is 31.1 Å². The molecule has 0 aromatic heterocycles. The van der Waals surface area contributed by atoms with Crippen LogP contribution < -0.4 is 15.2 Å². The fourth-order valence-corrected chi connectivity index (χ4v) is 2.27. The van der Waals surface area contributed by atoms with Crippen LogP contribution in [0.4, 0.5) is 5.69 Å². The lowest BCUT2D eigenvalue weighted by atomic mass is 10.0. The van der Waals surface area contributed by atoms with Gasteiger partial charge in [-0.05, 0) is 30.4 Å². The van der Waals surface area contributed by atoms with E-state index in [0.717, 1.165) is 0 Å².